The van der Waals surface area contributed by atoms with Crippen LogP contribution in [-0.2, 0) is 4.79 Å². The number of aliphatic hydroxyl groups excluding tert-OH is 1. The van der Waals surface area contributed by atoms with E-state index >= 15 is 0 Å². The van der Waals surface area contributed by atoms with Gasteiger partial charge in [-0.1, -0.05) is 20.8 Å². The van der Waals surface area contributed by atoms with E-state index in [1.165, 1.54) is 0 Å². The van der Waals surface area contributed by atoms with Gasteiger partial charge in [-0.2, -0.15) is 0 Å². The average molecular weight is 158 g/mol. The summed E-state index contributed by atoms with van der Waals surface area (Å²) in [5.74, 6) is 0.584. The molecule has 0 bridgehead atoms. The lowest BCUT2D eigenvalue weighted by Crippen LogP contribution is -2.13. The van der Waals surface area contributed by atoms with Crippen molar-refractivity contribution < 1.29 is 9.90 Å². The quantitative estimate of drug-likeness (QED) is 0.662. The Morgan fingerprint density at radius 2 is 1.91 bits per heavy atom. The number of ketones is 1. The molecule has 0 unspecified atom stereocenters. The number of hydrogen-bond acceptors (Lipinski definition) is 2. The van der Waals surface area contributed by atoms with Crippen molar-refractivity contribution in [3.8, 4) is 0 Å². The van der Waals surface area contributed by atoms with Gasteiger partial charge in [0.25, 0.3) is 0 Å². The number of rotatable bonds is 5. The highest BCUT2D eigenvalue weighted by Crippen LogP contribution is 2.06. The average Bonchev–Trinajstić information content (AvgIpc) is 1.85. The maximum atomic E-state index is 11.1. The van der Waals surface area contributed by atoms with E-state index < -0.39 is 6.10 Å². The molecule has 2 heteroatoms. The molecule has 0 fully saturated rings. The summed E-state index contributed by atoms with van der Waals surface area (Å²) in [6.45, 7) is 5.90. The molecule has 0 aromatic carbocycles. The van der Waals surface area contributed by atoms with E-state index in [1.54, 1.807) is 0 Å². The van der Waals surface area contributed by atoms with Crippen LogP contribution in [0.1, 0.15) is 40.0 Å². The van der Waals surface area contributed by atoms with Crippen molar-refractivity contribution in [2.45, 2.75) is 46.1 Å². The van der Waals surface area contributed by atoms with Crippen LogP contribution in [0.4, 0.5) is 0 Å². The fourth-order valence-electron chi connectivity index (χ4n) is 0.946. The van der Waals surface area contributed by atoms with Crippen LogP contribution in [0.15, 0.2) is 0 Å². The number of carbonyl (C=O) groups excluding carboxylic acids is 1. The largest absolute Gasteiger partial charge is 0.393 e. The molecule has 0 rings (SSSR count). The predicted octanol–water partition coefficient (Wildman–Crippen LogP) is 1.76. The summed E-state index contributed by atoms with van der Waals surface area (Å²) >= 11 is 0. The first kappa shape index (κ1) is 10.6. The van der Waals surface area contributed by atoms with E-state index in [-0.39, 0.29) is 5.78 Å². The third-order valence-corrected chi connectivity index (χ3v) is 1.57. The predicted molar refractivity (Wildman–Crippen MR) is 45.4 cm³/mol. The molecule has 0 aromatic rings. The first-order valence-electron chi connectivity index (χ1n) is 4.26. The van der Waals surface area contributed by atoms with Crippen LogP contribution < -0.4 is 0 Å². The van der Waals surface area contributed by atoms with Gasteiger partial charge in [0, 0.05) is 12.8 Å². The molecule has 2 nitrogen and oxygen atoms in total. The molecule has 0 aliphatic heterocycles. The Kier molecular flexibility index (Phi) is 5.12. The van der Waals surface area contributed by atoms with Crippen LogP contribution in [0.2, 0.25) is 0 Å². The van der Waals surface area contributed by atoms with Gasteiger partial charge in [-0.05, 0) is 12.3 Å². The lowest BCUT2D eigenvalue weighted by Gasteiger charge is -2.07. The number of hydrogen-bond donors (Lipinski definition) is 1. The second-order valence-corrected chi connectivity index (χ2v) is 3.40. The molecule has 11 heavy (non-hydrogen) atoms. The Balaban J connectivity index is 3.52. The van der Waals surface area contributed by atoms with Crippen LogP contribution in [0.25, 0.3) is 0 Å². The van der Waals surface area contributed by atoms with Crippen molar-refractivity contribution in [1.29, 1.82) is 0 Å². The Morgan fingerprint density at radius 3 is 2.27 bits per heavy atom. The number of Topliss-reactive ketones (excluding diaryl/α,β-unsaturated/α-hetero) is 1. The highest BCUT2D eigenvalue weighted by atomic mass is 16.3. The molecule has 0 saturated carbocycles. The molecular formula is C9H18O2. The molecule has 1 N–H and O–H groups in total. The van der Waals surface area contributed by atoms with Crippen molar-refractivity contribution in [3.63, 3.8) is 0 Å². The summed E-state index contributed by atoms with van der Waals surface area (Å²) in [7, 11) is 0. The van der Waals surface area contributed by atoms with Crippen molar-refractivity contribution in [3.05, 3.63) is 0 Å². The van der Waals surface area contributed by atoms with Crippen molar-refractivity contribution in [2.75, 3.05) is 0 Å². The van der Waals surface area contributed by atoms with Gasteiger partial charge in [-0.15, -0.1) is 0 Å². The SMILES string of the molecule is CC[C@H](O)CC(=O)CC(C)C. The monoisotopic (exact) mass is 158 g/mol. The van der Waals surface area contributed by atoms with Crippen LogP contribution in [0.5, 0.6) is 0 Å². The zero-order valence-electron chi connectivity index (χ0n) is 7.63. The van der Waals surface area contributed by atoms with Gasteiger partial charge >= 0.3 is 0 Å². The minimum Gasteiger partial charge on any atom is -0.393 e. The van der Waals surface area contributed by atoms with E-state index in [0.29, 0.717) is 25.2 Å². The van der Waals surface area contributed by atoms with Crippen molar-refractivity contribution in [2.24, 2.45) is 5.92 Å². The van der Waals surface area contributed by atoms with Gasteiger partial charge < -0.3 is 5.11 Å². The lowest BCUT2D eigenvalue weighted by atomic mass is 10.0. The normalized spacial score (nSPS) is 13.5. The number of carbonyl (C=O) groups is 1. The Labute approximate surface area is 68.6 Å². The molecule has 0 saturated heterocycles. The van der Waals surface area contributed by atoms with Crippen LogP contribution >= 0.6 is 0 Å². The maximum Gasteiger partial charge on any atom is 0.135 e. The fourth-order valence-corrected chi connectivity index (χ4v) is 0.946. The minimum atomic E-state index is -0.429. The van der Waals surface area contributed by atoms with Gasteiger partial charge in [0.05, 0.1) is 6.10 Å². The minimum absolute atomic E-state index is 0.175. The Bertz CT molecular complexity index is 119. The number of aliphatic hydroxyl groups is 1. The lowest BCUT2D eigenvalue weighted by molar-refractivity contribution is -0.121. The molecule has 0 radical (unpaired) electrons. The van der Waals surface area contributed by atoms with Crippen molar-refractivity contribution >= 4 is 5.78 Å². The molecule has 0 amide bonds. The van der Waals surface area contributed by atoms with Crippen LogP contribution in [-0.4, -0.2) is 17.0 Å². The summed E-state index contributed by atoms with van der Waals surface area (Å²) in [6.07, 6.45) is 1.16. The van der Waals surface area contributed by atoms with Gasteiger partial charge in [-0.25, -0.2) is 0 Å². The molecule has 66 valence electrons. The second-order valence-electron chi connectivity index (χ2n) is 3.40. The molecule has 0 aromatic heterocycles. The first-order valence-corrected chi connectivity index (χ1v) is 4.26. The summed E-state index contributed by atoms with van der Waals surface area (Å²) < 4.78 is 0. The smallest absolute Gasteiger partial charge is 0.135 e. The Morgan fingerprint density at radius 1 is 1.36 bits per heavy atom. The second kappa shape index (κ2) is 5.30. The molecule has 1 atom stereocenters. The van der Waals surface area contributed by atoms with E-state index in [2.05, 4.69) is 0 Å². The molecule has 0 aliphatic carbocycles. The van der Waals surface area contributed by atoms with Gasteiger partial charge in [0.1, 0.15) is 5.78 Å². The summed E-state index contributed by atoms with van der Waals surface area (Å²) in [5, 5.41) is 9.12. The first-order chi connectivity index (χ1) is 5.06. The molecular weight excluding hydrogens is 140 g/mol. The topological polar surface area (TPSA) is 37.3 Å². The van der Waals surface area contributed by atoms with Crippen molar-refractivity contribution in [1.82, 2.24) is 0 Å². The standard InChI is InChI=1S/C9H18O2/c1-4-8(10)6-9(11)5-7(2)3/h7-8,10H,4-6H2,1-3H3/t8-/m0/s1. The molecule has 0 heterocycles. The zero-order chi connectivity index (χ0) is 8.85. The summed E-state index contributed by atoms with van der Waals surface area (Å²) in [6, 6.07) is 0. The summed E-state index contributed by atoms with van der Waals surface area (Å²) in [4.78, 5) is 11.1. The van der Waals surface area contributed by atoms with E-state index in [0.717, 1.165) is 0 Å². The Hall–Kier alpha value is -0.370. The van der Waals surface area contributed by atoms with Gasteiger partial charge in [-0.3, -0.25) is 4.79 Å². The van der Waals surface area contributed by atoms with Crippen LogP contribution in [0, 0.1) is 5.92 Å². The maximum absolute atomic E-state index is 11.1. The van der Waals surface area contributed by atoms with Crippen LogP contribution in [0.3, 0.4) is 0 Å². The van der Waals surface area contributed by atoms with E-state index in [4.69, 9.17) is 5.11 Å². The van der Waals surface area contributed by atoms with Gasteiger partial charge in [0.2, 0.25) is 0 Å². The molecule has 0 spiro atoms. The molecule has 0 aliphatic rings. The summed E-state index contributed by atoms with van der Waals surface area (Å²) in [5.41, 5.74) is 0. The van der Waals surface area contributed by atoms with E-state index in [9.17, 15) is 4.79 Å². The highest BCUT2D eigenvalue weighted by molar-refractivity contribution is 5.78. The third-order valence-electron chi connectivity index (χ3n) is 1.57. The third kappa shape index (κ3) is 6.05. The van der Waals surface area contributed by atoms with Gasteiger partial charge in [0.15, 0.2) is 0 Å². The fraction of sp³-hybridized carbons (Fsp3) is 0.889. The zero-order valence-corrected chi connectivity index (χ0v) is 7.63. The van der Waals surface area contributed by atoms with E-state index in [1.807, 2.05) is 20.8 Å². The highest BCUT2D eigenvalue weighted by Gasteiger charge is 2.09.